The molecule has 0 unspecified atom stereocenters. The monoisotopic (exact) mass is 345 g/mol. The average Bonchev–Trinajstić information content (AvgIpc) is 2.69. The Kier molecular flexibility index (Phi) is 4.41. The molecule has 0 radical (unpaired) electrons. The summed E-state index contributed by atoms with van der Waals surface area (Å²) in [6.07, 6.45) is 0. The van der Waals surface area contributed by atoms with Crippen LogP contribution >= 0.6 is 11.6 Å². The van der Waals surface area contributed by atoms with Gasteiger partial charge in [0.1, 0.15) is 0 Å². The molecule has 2 aromatic carbocycles. The second-order valence-electron chi connectivity index (χ2n) is 6.82. The molecule has 1 aliphatic heterocycles. The van der Waals surface area contributed by atoms with Crippen LogP contribution in [0.1, 0.15) is 29.8 Å². The maximum atomic E-state index is 12.5. The van der Waals surface area contributed by atoms with Gasteiger partial charge in [-0.3, -0.25) is 4.79 Å². The van der Waals surface area contributed by atoms with Gasteiger partial charge in [0, 0.05) is 21.7 Å². The molecule has 1 aliphatic rings. The first-order valence-corrected chi connectivity index (χ1v) is 8.19. The van der Waals surface area contributed by atoms with Gasteiger partial charge in [-0.2, -0.15) is 0 Å². The number of fused-ring (bicyclic) bond motifs is 1. The minimum absolute atomic E-state index is 0.0694. The highest BCUT2D eigenvalue weighted by molar-refractivity contribution is 6.31. The molecule has 0 atom stereocenters. The number of aryl methyl sites for hydroxylation is 1. The Bertz CT molecular complexity index is 786. The molecule has 5 heteroatoms. The quantitative estimate of drug-likeness (QED) is 0.858. The maximum absolute atomic E-state index is 12.5. The third-order valence-electron chi connectivity index (χ3n) is 3.87. The molecule has 1 amide bonds. The van der Waals surface area contributed by atoms with Crippen LogP contribution in [-0.4, -0.2) is 19.1 Å². The van der Waals surface area contributed by atoms with Gasteiger partial charge in [0.05, 0.1) is 13.2 Å². The van der Waals surface area contributed by atoms with Gasteiger partial charge in [0.2, 0.25) is 0 Å². The van der Waals surface area contributed by atoms with Gasteiger partial charge < -0.3 is 14.8 Å². The minimum atomic E-state index is -0.218. The molecule has 0 aliphatic carbocycles. The lowest BCUT2D eigenvalue weighted by molar-refractivity contribution is 0.102. The number of anilines is 1. The number of ether oxygens (including phenoxy) is 2. The SMILES string of the molecule is Cc1ccc(NC(=O)c2ccc3c(c2)OCC(C)(C)CO3)cc1Cl. The molecule has 24 heavy (non-hydrogen) atoms. The summed E-state index contributed by atoms with van der Waals surface area (Å²) in [7, 11) is 0. The molecule has 1 N–H and O–H groups in total. The predicted molar refractivity (Wildman–Crippen MR) is 95.4 cm³/mol. The van der Waals surface area contributed by atoms with E-state index in [1.165, 1.54) is 0 Å². The van der Waals surface area contributed by atoms with Crippen LogP contribution in [0.3, 0.4) is 0 Å². The van der Waals surface area contributed by atoms with Crippen molar-refractivity contribution in [1.29, 1.82) is 0 Å². The molecule has 0 saturated carbocycles. The summed E-state index contributed by atoms with van der Waals surface area (Å²) in [5.74, 6) is 1.04. The number of carbonyl (C=O) groups is 1. The molecule has 3 rings (SSSR count). The fourth-order valence-electron chi connectivity index (χ4n) is 2.34. The lowest BCUT2D eigenvalue weighted by Gasteiger charge is -2.19. The highest BCUT2D eigenvalue weighted by Crippen LogP contribution is 2.34. The molecule has 0 spiro atoms. The summed E-state index contributed by atoms with van der Waals surface area (Å²) in [5, 5.41) is 3.46. The minimum Gasteiger partial charge on any atom is -0.489 e. The number of benzene rings is 2. The molecule has 2 aromatic rings. The van der Waals surface area contributed by atoms with Crippen LogP contribution in [0.25, 0.3) is 0 Å². The number of amides is 1. The number of halogens is 1. The van der Waals surface area contributed by atoms with Crippen molar-refractivity contribution in [3.63, 3.8) is 0 Å². The van der Waals surface area contributed by atoms with Crippen molar-refractivity contribution in [2.45, 2.75) is 20.8 Å². The van der Waals surface area contributed by atoms with Gasteiger partial charge in [-0.1, -0.05) is 31.5 Å². The van der Waals surface area contributed by atoms with E-state index in [4.69, 9.17) is 21.1 Å². The number of carbonyl (C=O) groups excluding carboxylic acids is 1. The van der Waals surface area contributed by atoms with Crippen molar-refractivity contribution in [1.82, 2.24) is 0 Å². The van der Waals surface area contributed by atoms with Crippen LogP contribution in [0, 0.1) is 12.3 Å². The van der Waals surface area contributed by atoms with Gasteiger partial charge in [0.15, 0.2) is 11.5 Å². The first-order valence-electron chi connectivity index (χ1n) is 7.81. The van der Waals surface area contributed by atoms with Crippen molar-refractivity contribution in [2.24, 2.45) is 5.41 Å². The molecule has 0 aromatic heterocycles. The Morgan fingerprint density at radius 2 is 1.79 bits per heavy atom. The maximum Gasteiger partial charge on any atom is 0.255 e. The van der Waals surface area contributed by atoms with Crippen molar-refractivity contribution < 1.29 is 14.3 Å². The molecule has 126 valence electrons. The Hall–Kier alpha value is -2.20. The van der Waals surface area contributed by atoms with Crippen LogP contribution < -0.4 is 14.8 Å². The van der Waals surface area contributed by atoms with E-state index in [-0.39, 0.29) is 11.3 Å². The van der Waals surface area contributed by atoms with Gasteiger partial charge in [0.25, 0.3) is 5.91 Å². The third-order valence-corrected chi connectivity index (χ3v) is 4.28. The lowest BCUT2D eigenvalue weighted by atomic mass is 9.97. The zero-order valence-corrected chi connectivity index (χ0v) is 14.7. The first-order chi connectivity index (χ1) is 11.3. The number of hydrogen-bond donors (Lipinski definition) is 1. The molecule has 0 saturated heterocycles. The Labute approximate surface area is 146 Å². The van der Waals surface area contributed by atoms with Crippen LogP contribution in [0.4, 0.5) is 5.69 Å². The topological polar surface area (TPSA) is 47.6 Å². The summed E-state index contributed by atoms with van der Waals surface area (Å²) in [4.78, 5) is 12.5. The zero-order chi connectivity index (χ0) is 17.3. The smallest absolute Gasteiger partial charge is 0.255 e. The van der Waals surface area contributed by atoms with Crippen molar-refractivity contribution in [3.05, 3.63) is 52.5 Å². The molecular formula is C19H20ClNO3. The summed E-state index contributed by atoms with van der Waals surface area (Å²) >= 11 is 6.10. The Balaban J connectivity index is 1.79. The normalized spacial score (nSPS) is 15.5. The number of rotatable bonds is 2. The van der Waals surface area contributed by atoms with Gasteiger partial charge in [-0.15, -0.1) is 0 Å². The van der Waals surface area contributed by atoms with Crippen LogP contribution in [0.5, 0.6) is 11.5 Å². The second-order valence-corrected chi connectivity index (χ2v) is 7.23. The van der Waals surface area contributed by atoms with Crippen molar-refractivity contribution in [2.75, 3.05) is 18.5 Å². The number of nitrogens with one attached hydrogen (secondary N) is 1. The summed E-state index contributed by atoms with van der Waals surface area (Å²) < 4.78 is 11.6. The van der Waals surface area contributed by atoms with Crippen LogP contribution in [-0.2, 0) is 0 Å². The van der Waals surface area contributed by atoms with E-state index in [1.54, 1.807) is 24.3 Å². The van der Waals surface area contributed by atoms with E-state index in [0.717, 1.165) is 5.56 Å². The van der Waals surface area contributed by atoms with Gasteiger partial charge >= 0.3 is 0 Å². The summed E-state index contributed by atoms with van der Waals surface area (Å²) in [5.41, 5.74) is 2.06. The summed E-state index contributed by atoms with van der Waals surface area (Å²) in [6.45, 7) is 7.19. The molecule has 0 bridgehead atoms. The van der Waals surface area contributed by atoms with Crippen molar-refractivity contribution >= 4 is 23.2 Å². The van der Waals surface area contributed by atoms with Gasteiger partial charge in [-0.25, -0.2) is 0 Å². The van der Waals surface area contributed by atoms with Crippen LogP contribution in [0.2, 0.25) is 5.02 Å². The Morgan fingerprint density at radius 3 is 2.50 bits per heavy atom. The van der Waals surface area contributed by atoms with E-state index in [2.05, 4.69) is 19.2 Å². The predicted octanol–water partition coefficient (Wildman–Crippen LogP) is 4.70. The fourth-order valence-corrected chi connectivity index (χ4v) is 2.52. The average molecular weight is 346 g/mol. The lowest BCUT2D eigenvalue weighted by Crippen LogP contribution is -2.26. The Morgan fingerprint density at radius 1 is 1.08 bits per heavy atom. The molecule has 1 heterocycles. The standard InChI is InChI=1S/C19H20ClNO3/c1-12-4-6-14(9-15(12)20)21-18(22)13-5-7-16-17(8-13)24-11-19(2,3)10-23-16/h4-9H,10-11H2,1-3H3,(H,21,22). The van der Waals surface area contributed by atoms with Crippen molar-refractivity contribution in [3.8, 4) is 11.5 Å². The van der Waals surface area contributed by atoms with E-state index >= 15 is 0 Å². The molecule has 0 fully saturated rings. The van der Waals surface area contributed by atoms with E-state index in [0.29, 0.717) is 41.0 Å². The zero-order valence-electron chi connectivity index (χ0n) is 14.0. The second kappa shape index (κ2) is 6.36. The highest BCUT2D eigenvalue weighted by atomic mass is 35.5. The largest absolute Gasteiger partial charge is 0.489 e. The third kappa shape index (κ3) is 3.65. The molecule has 4 nitrogen and oxygen atoms in total. The van der Waals surface area contributed by atoms with Gasteiger partial charge in [-0.05, 0) is 42.8 Å². The van der Waals surface area contributed by atoms with E-state index < -0.39 is 0 Å². The fraction of sp³-hybridized carbons (Fsp3) is 0.316. The summed E-state index contributed by atoms with van der Waals surface area (Å²) in [6, 6.07) is 10.6. The first kappa shape index (κ1) is 16.7. The molecular weight excluding hydrogens is 326 g/mol. The van der Waals surface area contributed by atoms with E-state index in [9.17, 15) is 4.79 Å². The van der Waals surface area contributed by atoms with E-state index in [1.807, 2.05) is 19.1 Å². The van der Waals surface area contributed by atoms with Crippen LogP contribution in [0.15, 0.2) is 36.4 Å². The highest BCUT2D eigenvalue weighted by Gasteiger charge is 2.25. The number of hydrogen-bond acceptors (Lipinski definition) is 3.